The van der Waals surface area contributed by atoms with Crippen LogP contribution >= 0.6 is 0 Å². The maximum absolute atomic E-state index is 12.5. The number of rotatable bonds is 6. The first-order valence-corrected chi connectivity index (χ1v) is 8.02. The monoisotopic (exact) mass is 278 g/mol. The summed E-state index contributed by atoms with van der Waals surface area (Å²) in [6, 6.07) is 8.13. The predicted octanol–water partition coefficient (Wildman–Crippen LogP) is 2.37. The average molecular weight is 278 g/mol. The fourth-order valence-electron chi connectivity index (χ4n) is 2.00. The Morgan fingerprint density at radius 1 is 1.32 bits per heavy atom. The van der Waals surface area contributed by atoms with Gasteiger partial charge in [0.2, 0.25) is 10.0 Å². The number of benzene rings is 1. The lowest BCUT2D eigenvalue weighted by atomic mass is 10.2. The summed E-state index contributed by atoms with van der Waals surface area (Å²) in [6.07, 6.45) is 3.06. The minimum absolute atomic E-state index is 0.278. The molecule has 0 atom stereocenters. The Morgan fingerprint density at radius 2 is 1.95 bits per heavy atom. The van der Waals surface area contributed by atoms with Gasteiger partial charge in [-0.15, -0.1) is 0 Å². The molecule has 0 unspecified atom stereocenters. The predicted molar refractivity (Wildman–Crippen MR) is 72.9 cm³/mol. The molecule has 0 bridgehead atoms. The molecule has 0 heterocycles. The number of nitriles is 1. The van der Waals surface area contributed by atoms with Crippen LogP contribution < -0.4 is 0 Å². The SMILES string of the molecule is CCCN(CC1CC1)S(=O)(=O)c1ccc(C#N)cc1. The van der Waals surface area contributed by atoms with Gasteiger partial charge >= 0.3 is 0 Å². The molecular formula is C14H18N2O2S. The van der Waals surface area contributed by atoms with E-state index in [2.05, 4.69) is 0 Å². The standard InChI is InChI=1S/C14H18N2O2S/c1-2-9-16(11-13-3-4-13)19(17,18)14-7-5-12(10-15)6-8-14/h5-8,13H,2-4,9,11H2,1H3. The maximum Gasteiger partial charge on any atom is 0.243 e. The summed E-state index contributed by atoms with van der Waals surface area (Å²) in [5.41, 5.74) is 0.475. The number of hydrogen-bond donors (Lipinski definition) is 0. The van der Waals surface area contributed by atoms with Crippen molar-refractivity contribution in [2.75, 3.05) is 13.1 Å². The van der Waals surface area contributed by atoms with E-state index in [0.29, 0.717) is 24.6 Å². The zero-order valence-electron chi connectivity index (χ0n) is 11.0. The summed E-state index contributed by atoms with van der Waals surface area (Å²) in [6.45, 7) is 3.16. The Hall–Kier alpha value is -1.38. The van der Waals surface area contributed by atoms with E-state index in [1.54, 1.807) is 16.4 Å². The van der Waals surface area contributed by atoms with Gasteiger partial charge in [-0.2, -0.15) is 9.57 Å². The van der Waals surface area contributed by atoms with Crippen molar-refractivity contribution in [2.45, 2.75) is 31.1 Å². The van der Waals surface area contributed by atoms with Crippen molar-refractivity contribution >= 4 is 10.0 Å². The molecule has 19 heavy (non-hydrogen) atoms. The second kappa shape index (κ2) is 5.72. The minimum Gasteiger partial charge on any atom is -0.207 e. The molecule has 0 N–H and O–H groups in total. The maximum atomic E-state index is 12.5. The first kappa shape index (κ1) is 14.0. The molecule has 2 rings (SSSR count). The van der Waals surface area contributed by atoms with Crippen molar-refractivity contribution in [3.05, 3.63) is 29.8 Å². The third kappa shape index (κ3) is 3.34. The highest BCUT2D eigenvalue weighted by molar-refractivity contribution is 7.89. The van der Waals surface area contributed by atoms with Gasteiger partial charge in [-0.1, -0.05) is 6.92 Å². The Morgan fingerprint density at radius 3 is 2.42 bits per heavy atom. The van der Waals surface area contributed by atoms with Crippen LogP contribution in [0.2, 0.25) is 0 Å². The fraction of sp³-hybridized carbons (Fsp3) is 0.500. The molecule has 1 aliphatic rings. The van der Waals surface area contributed by atoms with Gasteiger partial charge < -0.3 is 0 Å². The smallest absolute Gasteiger partial charge is 0.207 e. The lowest BCUT2D eigenvalue weighted by Crippen LogP contribution is -2.33. The van der Waals surface area contributed by atoms with Crippen LogP contribution in [0.3, 0.4) is 0 Å². The number of hydrogen-bond acceptors (Lipinski definition) is 3. The molecule has 4 nitrogen and oxygen atoms in total. The Labute approximate surface area is 114 Å². The molecule has 1 aliphatic carbocycles. The van der Waals surface area contributed by atoms with E-state index in [1.165, 1.54) is 12.1 Å². The van der Waals surface area contributed by atoms with E-state index >= 15 is 0 Å². The molecule has 0 spiro atoms. The summed E-state index contributed by atoms with van der Waals surface area (Å²) in [7, 11) is -3.42. The molecule has 0 aliphatic heterocycles. The lowest BCUT2D eigenvalue weighted by Gasteiger charge is -2.21. The lowest BCUT2D eigenvalue weighted by molar-refractivity contribution is 0.395. The minimum atomic E-state index is -3.42. The molecule has 0 saturated heterocycles. The molecule has 1 aromatic carbocycles. The van der Waals surface area contributed by atoms with Crippen molar-refractivity contribution in [3.63, 3.8) is 0 Å². The molecule has 102 valence electrons. The van der Waals surface area contributed by atoms with Gasteiger partial charge in [0.05, 0.1) is 16.5 Å². The van der Waals surface area contributed by atoms with E-state index in [4.69, 9.17) is 5.26 Å². The van der Waals surface area contributed by atoms with Gasteiger partial charge in [0.1, 0.15) is 0 Å². The van der Waals surface area contributed by atoms with Gasteiger partial charge in [0, 0.05) is 13.1 Å². The van der Waals surface area contributed by atoms with Gasteiger partial charge in [-0.05, 0) is 49.4 Å². The summed E-state index contributed by atoms with van der Waals surface area (Å²) in [5, 5.41) is 8.74. The number of sulfonamides is 1. The average Bonchev–Trinajstić information content (AvgIpc) is 3.22. The van der Waals surface area contributed by atoms with Crippen LogP contribution in [0, 0.1) is 17.2 Å². The molecule has 0 radical (unpaired) electrons. The van der Waals surface area contributed by atoms with Crippen LogP contribution in [0.15, 0.2) is 29.2 Å². The highest BCUT2D eigenvalue weighted by Gasteiger charge is 2.31. The Kier molecular flexibility index (Phi) is 4.23. The zero-order valence-corrected chi connectivity index (χ0v) is 11.9. The molecule has 0 amide bonds. The molecule has 5 heteroatoms. The van der Waals surface area contributed by atoms with E-state index in [-0.39, 0.29) is 4.90 Å². The van der Waals surface area contributed by atoms with Crippen LogP contribution in [-0.2, 0) is 10.0 Å². The van der Waals surface area contributed by atoms with Gasteiger partial charge in [-0.3, -0.25) is 0 Å². The van der Waals surface area contributed by atoms with Crippen LogP contribution in [0.4, 0.5) is 0 Å². The summed E-state index contributed by atoms with van der Waals surface area (Å²) in [4.78, 5) is 0.278. The van der Waals surface area contributed by atoms with Crippen LogP contribution in [0.25, 0.3) is 0 Å². The van der Waals surface area contributed by atoms with E-state index < -0.39 is 10.0 Å². The van der Waals surface area contributed by atoms with E-state index in [9.17, 15) is 8.42 Å². The second-order valence-corrected chi connectivity index (χ2v) is 6.88. The zero-order chi connectivity index (χ0) is 13.9. The third-order valence-electron chi connectivity index (χ3n) is 3.25. The van der Waals surface area contributed by atoms with Gasteiger partial charge in [-0.25, -0.2) is 8.42 Å². The second-order valence-electron chi connectivity index (χ2n) is 4.94. The van der Waals surface area contributed by atoms with Crippen molar-refractivity contribution in [1.82, 2.24) is 4.31 Å². The molecule has 0 aromatic heterocycles. The summed E-state index contributed by atoms with van der Waals surface area (Å²) >= 11 is 0. The van der Waals surface area contributed by atoms with Crippen molar-refractivity contribution < 1.29 is 8.42 Å². The normalized spacial score (nSPS) is 15.4. The highest BCUT2D eigenvalue weighted by Crippen LogP contribution is 2.31. The Balaban J connectivity index is 2.23. The van der Waals surface area contributed by atoms with Gasteiger partial charge in [0.25, 0.3) is 0 Å². The molecular weight excluding hydrogens is 260 g/mol. The largest absolute Gasteiger partial charge is 0.243 e. The first-order valence-electron chi connectivity index (χ1n) is 6.58. The third-order valence-corrected chi connectivity index (χ3v) is 5.13. The number of nitrogens with zero attached hydrogens (tertiary/aromatic N) is 2. The summed E-state index contributed by atoms with van der Waals surface area (Å²) in [5.74, 6) is 0.528. The summed E-state index contributed by atoms with van der Waals surface area (Å²) < 4.78 is 26.6. The Bertz CT molecular complexity index is 568. The van der Waals surface area contributed by atoms with Crippen molar-refractivity contribution in [3.8, 4) is 6.07 Å². The van der Waals surface area contributed by atoms with Crippen LogP contribution in [0.5, 0.6) is 0 Å². The van der Waals surface area contributed by atoms with E-state index in [0.717, 1.165) is 19.3 Å². The molecule has 1 fully saturated rings. The highest BCUT2D eigenvalue weighted by atomic mass is 32.2. The van der Waals surface area contributed by atoms with E-state index in [1.807, 2.05) is 13.0 Å². The van der Waals surface area contributed by atoms with Gasteiger partial charge in [0.15, 0.2) is 0 Å². The van der Waals surface area contributed by atoms with Crippen molar-refractivity contribution in [1.29, 1.82) is 5.26 Å². The quantitative estimate of drug-likeness (QED) is 0.802. The van der Waals surface area contributed by atoms with Crippen molar-refractivity contribution in [2.24, 2.45) is 5.92 Å². The molecule has 1 aromatic rings. The van der Waals surface area contributed by atoms with Crippen LogP contribution in [0.1, 0.15) is 31.7 Å². The topological polar surface area (TPSA) is 61.2 Å². The first-order chi connectivity index (χ1) is 9.07. The fourth-order valence-corrected chi connectivity index (χ4v) is 3.61. The molecule has 1 saturated carbocycles. The van der Waals surface area contributed by atoms with Crippen LogP contribution in [-0.4, -0.2) is 25.8 Å².